The highest BCUT2D eigenvalue weighted by Crippen LogP contribution is 2.39. The lowest BCUT2D eigenvalue weighted by Gasteiger charge is -2.38. The third kappa shape index (κ3) is 3.40. The topological polar surface area (TPSA) is 59.4 Å². The van der Waals surface area contributed by atoms with Gasteiger partial charge in [-0.25, -0.2) is 4.79 Å². The van der Waals surface area contributed by atoms with Gasteiger partial charge in [0.25, 0.3) is 0 Å². The Morgan fingerprint density at radius 1 is 1.44 bits per heavy atom. The van der Waals surface area contributed by atoms with Gasteiger partial charge in [-0.05, 0) is 24.2 Å². The molecule has 0 aromatic carbocycles. The van der Waals surface area contributed by atoms with Gasteiger partial charge in [0.2, 0.25) is 0 Å². The maximum atomic E-state index is 11.4. The van der Waals surface area contributed by atoms with Gasteiger partial charge in [0.15, 0.2) is 14.4 Å². The quantitative estimate of drug-likeness (QED) is 0.851. The second kappa shape index (κ2) is 5.20. The molecule has 0 bridgehead atoms. The van der Waals surface area contributed by atoms with Crippen molar-refractivity contribution >= 4 is 14.3 Å². The van der Waals surface area contributed by atoms with Crippen molar-refractivity contribution in [1.29, 1.82) is 0 Å². The first-order valence-electron chi connectivity index (χ1n) is 5.96. The first-order valence-corrected chi connectivity index (χ1v) is 8.86. The number of carbonyl (C=O) groups is 1. The minimum atomic E-state index is -2.12. The van der Waals surface area contributed by atoms with E-state index in [9.17, 15) is 9.90 Å². The summed E-state index contributed by atoms with van der Waals surface area (Å²) in [6.07, 6.45) is 2.24. The highest BCUT2D eigenvalue weighted by Gasteiger charge is 2.41. The van der Waals surface area contributed by atoms with E-state index in [1.165, 1.54) is 0 Å². The zero-order valence-electron chi connectivity index (χ0n) is 11.6. The number of aliphatic carboxylic acids is 1. The highest BCUT2D eigenvalue weighted by atomic mass is 28.4. The van der Waals surface area contributed by atoms with Gasteiger partial charge in [-0.1, -0.05) is 26.8 Å². The Morgan fingerprint density at radius 2 is 2.06 bits per heavy atom. The number of rotatable bonds is 4. The van der Waals surface area contributed by atoms with Crippen LogP contribution in [-0.4, -0.2) is 24.4 Å². The molecule has 0 saturated heterocycles. The summed E-state index contributed by atoms with van der Waals surface area (Å²) in [5.41, 5.74) is 0.592. The van der Waals surface area contributed by atoms with Crippen LogP contribution in [0.2, 0.25) is 18.1 Å². The maximum Gasteiger partial charge on any atom is 0.336 e. The lowest BCUT2D eigenvalue weighted by atomic mass is 10.2. The number of hydrogen-bond acceptors (Lipinski definition) is 3. The fraction of sp³-hybridized carbons (Fsp3) is 0.538. The smallest absolute Gasteiger partial charge is 0.336 e. The summed E-state index contributed by atoms with van der Waals surface area (Å²) in [6, 6.07) is 3.46. The van der Waals surface area contributed by atoms with Crippen LogP contribution in [-0.2, 0) is 9.22 Å². The Hall–Kier alpha value is -1.20. The molecule has 0 fully saturated rings. The van der Waals surface area contributed by atoms with Crippen molar-refractivity contribution in [1.82, 2.24) is 4.98 Å². The van der Waals surface area contributed by atoms with Crippen LogP contribution in [0.5, 0.6) is 0 Å². The Kier molecular flexibility index (Phi) is 4.29. The molecular formula is C13H21NO3Si. The summed E-state index contributed by atoms with van der Waals surface area (Å²) in [6.45, 7) is 10.3. The second-order valence-electron chi connectivity index (χ2n) is 5.88. The van der Waals surface area contributed by atoms with Gasteiger partial charge in [-0.3, -0.25) is 4.98 Å². The molecule has 1 heterocycles. The summed E-state index contributed by atoms with van der Waals surface area (Å²) in [4.78, 5) is 15.3. The highest BCUT2D eigenvalue weighted by molar-refractivity contribution is 6.74. The van der Waals surface area contributed by atoms with Gasteiger partial charge in [-0.2, -0.15) is 0 Å². The van der Waals surface area contributed by atoms with Gasteiger partial charge >= 0.3 is 5.97 Å². The van der Waals surface area contributed by atoms with Crippen LogP contribution in [0.15, 0.2) is 24.5 Å². The molecule has 100 valence electrons. The Morgan fingerprint density at radius 3 is 2.44 bits per heavy atom. The van der Waals surface area contributed by atoms with Gasteiger partial charge in [-0.15, -0.1) is 0 Å². The first-order chi connectivity index (χ1) is 8.15. The maximum absolute atomic E-state index is 11.4. The van der Waals surface area contributed by atoms with Crippen molar-refractivity contribution in [3.05, 3.63) is 30.1 Å². The van der Waals surface area contributed by atoms with E-state index in [0.29, 0.717) is 5.56 Å². The zero-order valence-corrected chi connectivity index (χ0v) is 12.6. The molecule has 1 aromatic rings. The van der Waals surface area contributed by atoms with E-state index in [2.05, 4.69) is 25.8 Å². The molecule has 18 heavy (non-hydrogen) atoms. The Labute approximate surface area is 109 Å². The summed E-state index contributed by atoms with van der Waals surface area (Å²) in [7, 11) is -2.12. The number of hydrogen-bond donors (Lipinski definition) is 1. The lowest BCUT2D eigenvalue weighted by molar-refractivity contribution is -0.146. The molecule has 1 aromatic heterocycles. The monoisotopic (exact) mass is 267 g/mol. The summed E-state index contributed by atoms with van der Waals surface area (Å²) >= 11 is 0. The van der Waals surface area contributed by atoms with Crippen molar-refractivity contribution in [2.75, 3.05) is 0 Å². The van der Waals surface area contributed by atoms with Crippen LogP contribution >= 0.6 is 0 Å². The molecule has 5 heteroatoms. The van der Waals surface area contributed by atoms with Crippen LogP contribution < -0.4 is 0 Å². The van der Waals surface area contributed by atoms with Gasteiger partial charge < -0.3 is 9.53 Å². The predicted octanol–water partition coefficient (Wildman–Crippen LogP) is 3.23. The van der Waals surface area contributed by atoms with Gasteiger partial charge in [0.05, 0.1) is 0 Å². The predicted molar refractivity (Wildman–Crippen MR) is 72.9 cm³/mol. The largest absolute Gasteiger partial charge is 0.479 e. The lowest BCUT2D eigenvalue weighted by Crippen LogP contribution is -2.43. The number of carboxylic acids is 1. The molecular weight excluding hydrogens is 246 g/mol. The van der Waals surface area contributed by atoms with Crippen LogP contribution in [0.25, 0.3) is 0 Å². The molecule has 1 rings (SSSR count). The molecule has 4 nitrogen and oxygen atoms in total. The average molecular weight is 267 g/mol. The SMILES string of the molecule is CC(C)(C)[Si](C)(C)OC(C(=O)O)c1cccnc1. The normalized spacial score (nSPS) is 14.3. The van der Waals surface area contributed by atoms with Crippen molar-refractivity contribution in [3.63, 3.8) is 0 Å². The number of carboxylic acid groups (broad SMARTS) is 1. The fourth-order valence-corrected chi connectivity index (χ4v) is 2.44. The van der Waals surface area contributed by atoms with E-state index in [1.54, 1.807) is 24.5 Å². The van der Waals surface area contributed by atoms with E-state index in [0.717, 1.165) is 0 Å². The zero-order chi connectivity index (χ0) is 14.0. The van der Waals surface area contributed by atoms with Crippen LogP contribution in [0, 0.1) is 0 Å². The Balaban J connectivity index is 3.00. The molecule has 0 saturated carbocycles. The number of pyridine rings is 1. The van der Waals surface area contributed by atoms with Crippen molar-refractivity contribution in [2.45, 2.75) is 45.0 Å². The van der Waals surface area contributed by atoms with E-state index in [4.69, 9.17) is 4.43 Å². The van der Waals surface area contributed by atoms with E-state index in [1.807, 2.05) is 13.1 Å². The van der Waals surface area contributed by atoms with Crippen LogP contribution in [0.4, 0.5) is 0 Å². The second-order valence-corrected chi connectivity index (χ2v) is 10.6. The molecule has 0 spiro atoms. The third-order valence-electron chi connectivity index (χ3n) is 3.43. The number of nitrogens with zero attached hydrogens (tertiary/aromatic N) is 1. The van der Waals surface area contributed by atoms with E-state index < -0.39 is 20.4 Å². The van der Waals surface area contributed by atoms with E-state index >= 15 is 0 Å². The van der Waals surface area contributed by atoms with Crippen molar-refractivity contribution < 1.29 is 14.3 Å². The minimum absolute atomic E-state index is 0.0249. The molecule has 0 radical (unpaired) electrons. The standard InChI is InChI=1S/C13H21NO3Si/c1-13(2,3)18(4,5)17-11(12(15)16)10-7-6-8-14-9-10/h6-9,11H,1-5H3,(H,15,16). The molecule has 0 aliphatic rings. The first kappa shape index (κ1) is 14.9. The molecule has 1 unspecified atom stereocenters. The van der Waals surface area contributed by atoms with Crippen molar-refractivity contribution in [2.24, 2.45) is 0 Å². The minimum Gasteiger partial charge on any atom is -0.479 e. The summed E-state index contributed by atoms with van der Waals surface area (Å²) in [5.74, 6) is -0.965. The molecule has 1 N–H and O–H groups in total. The molecule has 0 amide bonds. The summed E-state index contributed by atoms with van der Waals surface area (Å²) in [5, 5.41) is 9.30. The molecule has 0 aliphatic heterocycles. The van der Waals surface area contributed by atoms with E-state index in [-0.39, 0.29) is 5.04 Å². The average Bonchev–Trinajstić information content (AvgIpc) is 2.25. The molecule has 0 aliphatic carbocycles. The van der Waals surface area contributed by atoms with Crippen molar-refractivity contribution in [3.8, 4) is 0 Å². The van der Waals surface area contributed by atoms with Gasteiger partial charge in [0, 0.05) is 18.0 Å². The fourth-order valence-electron chi connectivity index (χ4n) is 1.26. The number of aromatic nitrogens is 1. The molecule has 1 atom stereocenters. The third-order valence-corrected chi connectivity index (χ3v) is 7.87. The summed E-state index contributed by atoms with van der Waals surface area (Å²) < 4.78 is 5.95. The van der Waals surface area contributed by atoms with Crippen LogP contribution in [0.3, 0.4) is 0 Å². The Bertz CT molecular complexity index is 412. The van der Waals surface area contributed by atoms with Crippen LogP contribution in [0.1, 0.15) is 32.4 Å². The van der Waals surface area contributed by atoms with Gasteiger partial charge in [0.1, 0.15) is 0 Å².